The fraction of sp³-hybridized carbons (Fsp3) is 0.269. The maximum Gasteiger partial charge on any atom is 0.166 e. The number of ketones is 1. The second-order valence-corrected chi connectivity index (χ2v) is 8.51. The fourth-order valence-corrected chi connectivity index (χ4v) is 4.36. The van der Waals surface area contributed by atoms with E-state index in [0.29, 0.717) is 17.9 Å². The third kappa shape index (κ3) is 3.50. The third-order valence-electron chi connectivity index (χ3n) is 6.20. The van der Waals surface area contributed by atoms with Crippen LogP contribution in [-0.4, -0.2) is 27.5 Å². The van der Waals surface area contributed by atoms with E-state index >= 15 is 0 Å². The molecule has 2 aromatic heterocycles. The Bertz CT molecular complexity index is 1270. The number of hydrogen-bond donors (Lipinski definition) is 0. The zero-order valence-corrected chi connectivity index (χ0v) is 18.0. The minimum Gasteiger partial charge on any atom is -0.497 e. The molecular formula is C26H25N3O2. The molecule has 2 aromatic carbocycles. The molecular weight excluding hydrogens is 386 g/mol. The smallest absolute Gasteiger partial charge is 0.166 e. The average molecular weight is 412 g/mol. The first-order valence-corrected chi connectivity index (χ1v) is 10.7. The third-order valence-corrected chi connectivity index (χ3v) is 6.20. The summed E-state index contributed by atoms with van der Waals surface area (Å²) in [4.78, 5) is 17.9. The van der Waals surface area contributed by atoms with Crippen LogP contribution in [0.1, 0.15) is 59.3 Å². The fourth-order valence-electron chi connectivity index (χ4n) is 4.36. The number of aromatic nitrogens is 3. The van der Waals surface area contributed by atoms with E-state index in [2.05, 4.69) is 43.2 Å². The number of fused-ring (bicyclic) bond motifs is 2. The molecule has 1 atom stereocenters. The number of hydrogen-bond acceptors (Lipinski definition) is 4. The van der Waals surface area contributed by atoms with Crippen molar-refractivity contribution < 1.29 is 9.53 Å². The lowest BCUT2D eigenvalue weighted by atomic mass is 9.81. The first-order chi connectivity index (χ1) is 15.0. The summed E-state index contributed by atoms with van der Waals surface area (Å²) >= 11 is 0. The Hall–Kier alpha value is -3.47. The second-order valence-electron chi connectivity index (χ2n) is 8.51. The molecule has 0 amide bonds. The maximum atomic E-state index is 13.0. The molecule has 0 bridgehead atoms. The number of carbonyl (C=O) groups is 1. The van der Waals surface area contributed by atoms with Crippen LogP contribution in [0.15, 0.2) is 60.9 Å². The summed E-state index contributed by atoms with van der Waals surface area (Å²) in [5.74, 6) is 1.57. The minimum absolute atomic E-state index is 0.131. The van der Waals surface area contributed by atoms with Gasteiger partial charge in [-0.05, 0) is 47.1 Å². The molecule has 0 saturated carbocycles. The predicted molar refractivity (Wildman–Crippen MR) is 121 cm³/mol. The van der Waals surface area contributed by atoms with Crippen molar-refractivity contribution in [2.45, 2.75) is 38.5 Å². The number of ether oxygens (including phenoxy) is 1. The molecule has 5 heteroatoms. The highest BCUT2D eigenvalue weighted by atomic mass is 16.5. The molecule has 31 heavy (non-hydrogen) atoms. The van der Waals surface area contributed by atoms with Crippen molar-refractivity contribution in [2.24, 2.45) is 0 Å². The molecule has 4 aromatic rings. The molecule has 1 aliphatic carbocycles. The Morgan fingerprint density at radius 2 is 1.87 bits per heavy atom. The lowest BCUT2D eigenvalue weighted by Crippen LogP contribution is -2.21. The van der Waals surface area contributed by atoms with Crippen LogP contribution in [0.25, 0.3) is 16.8 Å². The quantitative estimate of drug-likeness (QED) is 0.449. The zero-order valence-electron chi connectivity index (χ0n) is 18.0. The largest absolute Gasteiger partial charge is 0.497 e. The lowest BCUT2D eigenvalue weighted by molar-refractivity contribution is 0.0962. The van der Waals surface area contributed by atoms with Gasteiger partial charge < -0.3 is 4.74 Å². The van der Waals surface area contributed by atoms with E-state index in [4.69, 9.17) is 9.72 Å². The molecule has 156 valence electrons. The molecule has 5 rings (SSSR count). The molecule has 0 fully saturated rings. The maximum absolute atomic E-state index is 13.0. The monoisotopic (exact) mass is 411 g/mol. The highest BCUT2D eigenvalue weighted by molar-refractivity contribution is 5.99. The predicted octanol–water partition coefficient (Wildman–Crippen LogP) is 5.44. The van der Waals surface area contributed by atoms with Gasteiger partial charge in [-0.1, -0.05) is 50.2 Å². The Balaban J connectivity index is 1.53. The standard InChI is InChI=1S/C26H25N3O2/c1-16(2)17-7-9-18(10-8-17)20-12-24-23(25(30)13-20)15-29-26(28-24)22(14-27-29)19-5-4-6-21(11-19)31-3/h4-11,14-16,20H,12-13H2,1-3H3. The summed E-state index contributed by atoms with van der Waals surface area (Å²) < 4.78 is 7.08. The SMILES string of the molecule is COc1cccc(-c2cnn3cc4c(nc23)CC(c2ccc(C(C)C)cc2)CC4=O)c1. The van der Waals surface area contributed by atoms with Crippen LogP contribution in [0, 0.1) is 0 Å². The van der Waals surface area contributed by atoms with Crippen molar-refractivity contribution in [2.75, 3.05) is 7.11 Å². The number of nitrogens with zero attached hydrogens (tertiary/aromatic N) is 3. The van der Waals surface area contributed by atoms with E-state index < -0.39 is 0 Å². The molecule has 1 unspecified atom stereocenters. The molecule has 0 spiro atoms. The first kappa shape index (κ1) is 19.5. The summed E-state index contributed by atoms with van der Waals surface area (Å²) in [6, 6.07) is 16.5. The minimum atomic E-state index is 0.131. The van der Waals surface area contributed by atoms with Crippen LogP contribution in [-0.2, 0) is 6.42 Å². The van der Waals surface area contributed by atoms with Crippen LogP contribution >= 0.6 is 0 Å². The summed E-state index contributed by atoms with van der Waals surface area (Å²) in [6.07, 6.45) is 4.89. The molecule has 0 saturated heterocycles. The number of methoxy groups -OCH3 is 1. The van der Waals surface area contributed by atoms with E-state index in [0.717, 1.165) is 34.6 Å². The van der Waals surface area contributed by atoms with Gasteiger partial charge in [0.2, 0.25) is 0 Å². The first-order valence-electron chi connectivity index (χ1n) is 10.7. The van der Waals surface area contributed by atoms with Gasteiger partial charge in [0.05, 0.1) is 24.6 Å². The van der Waals surface area contributed by atoms with Gasteiger partial charge in [-0.15, -0.1) is 0 Å². The number of benzene rings is 2. The van der Waals surface area contributed by atoms with Crippen molar-refractivity contribution in [3.8, 4) is 16.9 Å². The number of carbonyl (C=O) groups excluding carboxylic acids is 1. The topological polar surface area (TPSA) is 56.5 Å². The summed E-state index contributed by atoms with van der Waals surface area (Å²) in [7, 11) is 1.66. The summed E-state index contributed by atoms with van der Waals surface area (Å²) in [5, 5.41) is 4.46. The highest BCUT2D eigenvalue weighted by Crippen LogP contribution is 2.34. The normalized spacial score (nSPS) is 16.0. The second kappa shape index (κ2) is 7.65. The number of Topliss-reactive ketones (excluding diaryl/α,β-unsaturated/α-hetero) is 1. The van der Waals surface area contributed by atoms with Crippen LogP contribution in [0.3, 0.4) is 0 Å². The van der Waals surface area contributed by atoms with Gasteiger partial charge in [0.15, 0.2) is 11.4 Å². The Labute approximate surface area is 181 Å². The van der Waals surface area contributed by atoms with Gasteiger partial charge in [0, 0.05) is 18.2 Å². The van der Waals surface area contributed by atoms with E-state index in [-0.39, 0.29) is 11.7 Å². The van der Waals surface area contributed by atoms with Gasteiger partial charge in [-0.3, -0.25) is 4.79 Å². The summed E-state index contributed by atoms with van der Waals surface area (Å²) in [5.41, 5.74) is 6.73. The number of rotatable bonds is 4. The highest BCUT2D eigenvalue weighted by Gasteiger charge is 2.28. The van der Waals surface area contributed by atoms with Crippen molar-refractivity contribution in [1.29, 1.82) is 0 Å². The van der Waals surface area contributed by atoms with E-state index in [1.165, 1.54) is 11.1 Å². The van der Waals surface area contributed by atoms with Gasteiger partial charge in [0.25, 0.3) is 0 Å². The average Bonchev–Trinajstić information content (AvgIpc) is 3.21. The molecule has 1 aliphatic rings. The van der Waals surface area contributed by atoms with Crippen molar-refractivity contribution >= 4 is 11.4 Å². The van der Waals surface area contributed by atoms with Gasteiger partial charge in [0.1, 0.15) is 5.75 Å². The van der Waals surface area contributed by atoms with Gasteiger partial charge >= 0.3 is 0 Å². The van der Waals surface area contributed by atoms with E-state index in [9.17, 15) is 4.79 Å². The van der Waals surface area contributed by atoms with Crippen LogP contribution in [0.2, 0.25) is 0 Å². The Kier molecular flexibility index (Phi) is 4.81. The van der Waals surface area contributed by atoms with Gasteiger partial charge in [-0.25, -0.2) is 9.50 Å². The van der Waals surface area contributed by atoms with E-state index in [1.807, 2.05) is 30.5 Å². The van der Waals surface area contributed by atoms with Crippen molar-refractivity contribution in [3.63, 3.8) is 0 Å². The molecule has 0 N–H and O–H groups in total. The van der Waals surface area contributed by atoms with Crippen LogP contribution in [0.5, 0.6) is 5.75 Å². The summed E-state index contributed by atoms with van der Waals surface area (Å²) in [6.45, 7) is 4.38. The van der Waals surface area contributed by atoms with Crippen LogP contribution < -0.4 is 4.74 Å². The zero-order chi connectivity index (χ0) is 21.5. The molecule has 0 radical (unpaired) electrons. The Morgan fingerprint density at radius 1 is 1.06 bits per heavy atom. The van der Waals surface area contributed by atoms with Crippen molar-refractivity contribution in [1.82, 2.24) is 14.6 Å². The lowest BCUT2D eigenvalue weighted by Gasteiger charge is -2.23. The van der Waals surface area contributed by atoms with Crippen LogP contribution in [0.4, 0.5) is 0 Å². The molecule has 5 nitrogen and oxygen atoms in total. The Morgan fingerprint density at radius 3 is 2.61 bits per heavy atom. The molecule has 0 aliphatic heterocycles. The van der Waals surface area contributed by atoms with E-state index in [1.54, 1.807) is 17.8 Å². The van der Waals surface area contributed by atoms with Gasteiger partial charge in [-0.2, -0.15) is 5.10 Å². The van der Waals surface area contributed by atoms with Crippen molar-refractivity contribution in [3.05, 3.63) is 83.3 Å². The molecule has 2 heterocycles.